The van der Waals surface area contributed by atoms with Gasteiger partial charge in [-0.15, -0.1) is 0 Å². The van der Waals surface area contributed by atoms with E-state index in [0.29, 0.717) is 28.6 Å². The fourth-order valence-electron chi connectivity index (χ4n) is 3.96. The average molecular weight is 488 g/mol. The van der Waals surface area contributed by atoms with Gasteiger partial charge in [-0.1, -0.05) is 71.2 Å². The highest BCUT2D eigenvalue weighted by atomic mass is 35.5. The average Bonchev–Trinajstić information content (AvgIpc) is 3.12. The van der Waals surface area contributed by atoms with Crippen molar-refractivity contribution in [2.24, 2.45) is 0 Å². The molecule has 0 spiro atoms. The Morgan fingerprint density at radius 2 is 1.69 bits per heavy atom. The Balaban J connectivity index is 1.60. The molecule has 1 atom stereocenters. The van der Waals surface area contributed by atoms with Gasteiger partial charge in [-0.05, 0) is 48.7 Å². The number of benzene rings is 3. The van der Waals surface area contributed by atoms with E-state index in [1.165, 1.54) is 0 Å². The monoisotopic (exact) mass is 487 g/mol. The first-order valence-electron chi connectivity index (χ1n) is 10.3. The lowest BCUT2D eigenvalue weighted by Crippen LogP contribution is -2.40. The third-order valence-electron chi connectivity index (χ3n) is 5.76. The Morgan fingerprint density at radius 3 is 2.28 bits per heavy atom. The predicted octanol–water partition coefficient (Wildman–Crippen LogP) is 5.80. The lowest BCUT2D eigenvalue weighted by molar-refractivity contribution is 0.0681. The van der Waals surface area contributed by atoms with Crippen LogP contribution in [0.5, 0.6) is 0 Å². The van der Waals surface area contributed by atoms with Crippen molar-refractivity contribution in [3.63, 3.8) is 0 Å². The van der Waals surface area contributed by atoms with Crippen molar-refractivity contribution in [2.45, 2.75) is 25.9 Å². The van der Waals surface area contributed by atoms with Crippen molar-refractivity contribution in [3.05, 3.63) is 93.5 Å². The zero-order chi connectivity index (χ0) is 22.9. The first-order valence-corrected chi connectivity index (χ1v) is 12.9. The number of aryl methyl sites for hydroxylation is 1. The summed E-state index contributed by atoms with van der Waals surface area (Å²) in [4.78, 5) is 15.0. The summed E-state index contributed by atoms with van der Waals surface area (Å²) in [5.41, 5.74) is 4.36. The zero-order valence-corrected chi connectivity index (χ0v) is 19.9. The molecule has 0 radical (unpaired) electrons. The molecule has 1 fully saturated rings. The SMILES string of the molecule is Cc1ccc(C(=O)N(Cc2ccc(-c3ccc(Cl)cc3Cl)cc2)C2CCS(=O)(=O)C2)cc1. The molecule has 1 aliphatic rings. The molecule has 0 N–H and O–H groups in total. The molecule has 0 bridgehead atoms. The topological polar surface area (TPSA) is 54.5 Å². The van der Waals surface area contributed by atoms with Gasteiger partial charge in [0.2, 0.25) is 0 Å². The van der Waals surface area contributed by atoms with Gasteiger partial charge in [-0.2, -0.15) is 0 Å². The van der Waals surface area contributed by atoms with Crippen molar-refractivity contribution in [1.29, 1.82) is 0 Å². The first kappa shape index (κ1) is 22.8. The number of amides is 1. The van der Waals surface area contributed by atoms with Crippen molar-refractivity contribution < 1.29 is 13.2 Å². The smallest absolute Gasteiger partial charge is 0.254 e. The molecule has 4 nitrogen and oxygen atoms in total. The summed E-state index contributed by atoms with van der Waals surface area (Å²) in [5, 5.41) is 1.14. The van der Waals surface area contributed by atoms with Crippen LogP contribution in [0.25, 0.3) is 11.1 Å². The van der Waals surface area contributed by atoms with Gasteiger partial charge in [0.25, 0.3) is 5.91 Å². The van der Waals surface area contributed by atoms with Crippen molar-refractivity contribution in [3.8, 4) is 11.1 Å². The van der Waals surface area contributed by atoms with E-state index in [1.54, 1.807) is 29.2 Å². The lowest BCUT2D eigenvalue weighted by atomic mass is 10.0. The van der Waals surface area contributed by atoms with Crippen LogP contribution >= 0.6 is 23.2 Å². The minimum absolute atomic E-state index is 0.00304. The van der Waals surface area contributed by atoms with E-state index in [-0.39, 0.29) is 23.5 Å². The molecule has 1 heterocycles. The minimum Gasteiger partial charge on any atom is -0.330 e. The van der Waals surface area contributed by atoms with Gasteiger partial charge in [0.1, 0.15) is 0 Å². The molecule has 7 heteroatoms. The summed E-state index contributed by atoms with van der Waals surface area (Å²) in [6, 6.07) is 20.2. The Hall–Kier alpha value is -2.34. The third kappa shape index (κ3) is 5.17. The number of sulfone groups is 1. The van der Waals surface area contributed by atoms with Gasteiger partial charge in [0.05, 0.1) is 11.5 Å². The second-order valence-electron chi connectivity index (χ2n) is 8.18. The molecule has 1 saturated heterocycles. The Morgan fingerprint density at radius 1 is 1.00 bits per heavy atom. The molecule has 1 unspecified atom stereocenters. The van der Waals surface area contributed by atoms with Gasteiger partial charge in [0, 0.05) is 33.8 Å². The van der Waals surface area contributed by atoms with Gasteiger partial charge in [-0.25, -0.2) is 8.42 Å². The maximum Gasteiger partial charge on any atom is 0.254 e. The summed E-state index contributed by atoms with van der Waals surface area (Å²) >= 11 is 12.3. The van der Waals surface area contributed by atoms with Gasteiger partial charge >= 0.3 is 0 Å². The van der Waals surface area contributed by atoms with E-state index < -0.39 is 9.84 Å². The molecule has 1 amide bonds. The lowest BCUT2D eigenvalue weighted by Gasteiger charge is -2.28. The van der Waals surface area contributed by atoms with Gasteiger partial charge in [0.15, 0.2) is 9.84 Å². The normalized spacial score (nSPS) is 17.3. The van der Waals surface area contributed by atoms with E-state index in [2.05, 4.69) is 0 Å². The summed E-state index contributed by atoms with van der Waals surface area (Å²) in [5.74, 6) is -0.0382. The summed E-state index contributed by atoms with van der Waals surface area (Å²) in [6.07, 6.45) is 0.457. The Bertz CT molecular complexity index is 1240. The molecule has 3 aromatic carbocycles. The van der Waals surface area contributed by atoms with E-state index >= 15 is 0 Å². The predicted molar refractivity (Wildman–Crippen MR) is 130 cm³/mol. The fourth-order valence-corrected chi connectivity index (χ4v) is 6.21. The van der Waals surface area contributed by atoms with Crippen molar-refractivity contribution in [1.82, 2.24) is 4.90 Å². The van der Waals surface area contributed by atoms with Crippen LogP contribution in [0.15, 0.2) is 66.7 Å². The van der Waals surface area contributed by atoms with E-state index in [4.69, 9.17) is 23.2 Å². The first-order chi connectivity index (χ1) is 15.2. The summed E-state index contributed by atoms with van der Waals surface area (Å²) < 4.78 is 24.2. The number of nitrogens with zero attached hydrogens (tertiary/aromatic N) is 1. The van der Waals surface area contributed by atoms with Crippen LogP contribution in [0.3, 0.4) is 0 Å². The van der Waals surface area contributed by atoms with Gasteiger partial charge in [-0.3, -0.25) is 4.79 Å². The Kier molecular flexibility index (Phi) is 6.61. The quantitative estimate of drug-likeness (QED) is 0.456. The van der Waals surface area contributed by atoms with Crippen LogP contribution in [0.1, 0.15) is 27.9 Å². The number of rotatable bonds is 5. The van der Waals surface area contributed by atoms with E-state index in [9.17, 15) is 13.2 Å². The largest absolute Gasteiger partial charge is 0.330 e. The molecular formula is C25H23Cl2NO3S. The molecule has 32 heavy (non-hydrogen) atoms. The van der Waals surface area contributed by atoms with E-state index in [0.717, 1.165) is 22.3 Å². The number of carbonyl (C=O) groups is 1. The fraction of sp³-hybridized carbons (Fsp3) is 0.240. The number of hydrogen-bond donors (Lipinski definition) is 0. The molecule has 1 aliphatic heterocycles. The van der Waals surface area contributed by atoms with Crippen LogP contribution < -0.4 is 0 Å². The highest BCUT2D eigenvalue weighted by Gasteiger charge is 2.35. The molecule has 0 aromatic heterocycles. The minimum atomic E-state index is -3.13. The van der Waals surface area contributed by atoms with Crippen LogP contribution in [-0.4, -0.2) is 36.8 Å². The molecule has 3 aromatic rings. The number of halogens is 2. The molecule has 0 saturated carbocycles. The maximum atomic E-state index is 13.3. The molecule has 166 valence electrons. The standard InChI is InChI=1S/C25H23Cl2NO3S/c1-17-2-6-20(7-3-17)25(29)28(22-12-13-32(30,31)16-22)15-18-4-8-19(9-5-18)23-11-10-21(26)14-24(23)27/h2-11,14,22H,12-13,15-16H2,1H3. The third-order valence-corrected chi connectivity index (χ3v) is 8.06. The van der Waals surface area contributed by atoms with Crippen molar-refractivity contribution >= 4 is 38.9 Å². The van der Waals surface area contributed by atoms with Gasteiger partial charge < -0.3 is 4.90 Å². The second kappa shape index (κ2) is 9.26. The number of hydrogen-bond acceptors (Lipinski definition) is 3. The van der Waals surface area contributed by atoms with Crippen LogP contribution in [-0.2, 0) is 16.4 Å². The van der Waals surface area contributed by atoms with Crippen LogP contribution in [0, 0.1) is 6.92 Å². The molecular weight excluding hydrogens is 465 g/mol. The molecule has 0 aliphatic carbocycles. The Labute approximate surface area is 198 Å². The highest BCUT2D eigenvalue weighted by molar-refractivity contribution is 7.91. The van der Waals surface area contributed by atoms with Crippen molar-refractivity contribution in [2.75, 3.05) is 11.5 Å². The van der Waals surface area contributed by atoms with Crippen LogP contribution in [0.2, 0.25) is 10.0 Å². The summed E-state index contributed by atoms with van der Waals surface area (Å²) in [7, 11) is -3.13. The molecule has 4 rings (SSSR count). The summed E-state index contributed by atoms with van der Waals surface area (Å²) in [6.45, 7) is 2.30. The van der Waals surface area contributed by atoms with E-state index in [1.807, 2.05) is 49.4 Å². The zero-order valence-electron chi connectivity index (χ0n) is 17.6. The number of carbonyl (C=O) groups excluding carboxylic acids is 1. The highest BCUT2D eigenvalue weighted by Crippen LogP contribution is 2.31. The maximum absolute atomic E-state index is 13.3. The van der Waals surface area contributed by atoms with Crippen LogP contribution in [0.4, 0.5) is 0 Å². The second-order valence-corrected chi connectivity index (χ2v) is 11.2.